The Balaban J connectivity index is 1.76. The summed E-state index contributed by atoms with van der Waals surface area (Å²) >= 11 is 0. The summed E-state index contributed by atoms with van der Waals surface area (Å²) in [4.78, 5) is 10.3. The normalized spacial score (nSPS) is 10.6. The van der Waals surface area contributed by atoms with Gasteiger partial charge in [0, 0.05) is 28.5 Å². The molecule has 1 aromatic heterocycles. The van der Waals surface area contributed by atoms with E-state index in [0.717, 1.165) is 22.0 Å². The zero-order chi connectivity index (χ0) is 17.9. The second kappa shape index (κ2) is 6.60. The van der Waals surface area contributed by atoms with Crippen molar-refractivity contribution in [3.05, 3.63) is 89.0 Å². The summed E-state index contributed by atoms with van der Waals surface area (Å²) in [5, 5.41) is 21.1. The lowest BCUT2D eigenvalue weighted by Crippen LogP contribution is -1.96. The van der Waals surface area contributed by atoms with Gasteiger partial charge < -0.3 is 4.74 Å². The first kappa shape index (κ1) is 15.7. The van der Waals surface area contributed by atoms with Gasteiger partial charge >= 0.3 is 0 Å². The molecule has 0 atom stereocenters. The van der Waals surface area contributed by atoms with Gasteiger partial charge in [-0.25, -0.2) is 0 Å². The van der Waals surface area contributed by atoms with Crippen molar-refractivity contribution in [3.63, 3.8) is 0 Å². The molecule has 0 aliphatic rings. The van der Waals surface area contributed by atoms with Crippen molar-refractivity contribution in [2.45, 2.75) is 0 Å². The molecule has 0 N–H and O–H groups in total. The minimum Gasteiger partial charge on any atom is -0.437 e. The molecule has 0 aliphatic heterocycles. The highest BCUT2D eigenvalue weighted by Gasteiger charge is 2.13. The Bertz CT molecular complexity index is 1080. The van der Waals surface area contributed by atoms with Gasteiger partial charge in [0.15, 0.2) is 0 Å². The lowest BCUT2D eigenvalue weighted by atomic mass is 10.1. The van der Waals surface area contributed by atoms with E-state index in [-0.39, 0.29) is 5.69 Å². The van der Waals surface area contributed by atoms with Crippen molar-refractivity contribution >= 4 is 16.5 Å². The van der Waals surface area contributed by atoms with Gasteiger partial charge in [-0.1, -0.05) is 48.5 Å². The maximum atomic E-state index is 10.8. The second-order valence-corrected chi connectivity index (χ2v) is 5.62. The van der Waals surface area contributed by atoms with E-state index in [1.165, 1.54) is 12.1 Å². The quantitative estimate of drug-likeness (QED) is 0.385. The minimum atomic E-state index is -0.451. The van der Waals surface area contributed by atoms with Crippen molar-refractivity contribution in [3.8, 4) is 22.9 Å². The van der Waals surface area contributed by atoms with Crippen molar-refractivity contribution in [2.75, 3.05) is 0 Å². The number of ether oxygens (including phenoxy) is 1. The van der Waals surface area contributed by atoms with Crippen LogP contribution in [0.3, 0.4) is 0 Å². The first-order valence-electron chi connectivity index (χ1n) is 7.95. The standard InChI is InChI=1S/C20H13N3O3/c24-23(25)15-10-12-16(13-11-15)26-20-18-9-5-4-8-17(18)19(21-22-20)14-6-2-1-3-7-14/h1-13H. The van der Waals surface area contributed by atoms with Gasteiger partial charge in [-0.15, -0.1) is 10.2 Å². The number of hydrogen-bond acceptors (Lipinski definition) is 5. The minimum absolute atomic E-state index is 0.00715. The fourth-order valence-corrected chi connectivity index (χ4v) is 2.71. The van der Waals surface area contributed by atoms with Crippen LogP contribution in [0.2, 0.25) is 0 Å². The van der Waals surface area contributed by atoms with E-state index in [0.29, 0.717) is 11.6 Å². The van der Waals surface area contributed by atoms with Crippen molar-refractivity contribution in [1.29, 1.82) is 0 Å². The first-order valence-corrected chi connectivity index (χ1v) is 7.95. The highest BCUT2D eigenvalue weighted by Crippen LogP contribution is 2.33. The Labute approximate surface area is 148 Å². The van der Waals surface area contributed by atoms with E-state index in [9.17, 15) is 10.1 Å². The largest absolute Gasteiger partial charge is 0.437 e. The average Bonchev–Trinajstić information content (AvgIpc) is 2.69. The Morgan fingerprint density at radius 1 is 0.769 bits per heavy atom. The monoisotopic (exact) mass is 343 g/mol. The van der Waals surface area contributed by atoms with Gasteiger partial charge in [-0.3, -0.25) is 10.1 Å². The Hall–Kier alpha value is -3.80. The first-order chi connectivity index (χ1) is 12.7. The fraction of sp³-hybridized carbons (Fsp3) is 0. The molecule has 0 saturated heterocycles. The Kier molecular flexibility index (Phi) is 3.99. The van der Waals surface area contributed by atoms with Crippen LogP contribution in [-0.2, 0) is 0 Å². The smallest absolute Gasteiger partial charge is 0.269 e. The number of nitrogens with zero attached hydrogens (tertiary/aromatic N) is 3. The number of rotatable bonds is 4. The van der Waals surface area contributed by atoms with E-state index >= 15 is 0 Å². The lowest BCUT2D eigenvalue weighted by Gasteiger charge is -2.10. The second-order valence-electron chi connectivity index (χ2n) is 5.62. The van der Waals surface area contributed by atoms with Crippen LogP contribution >= 0.6 is 0 Å². The molecule has 26 heavy (non-hydrogen) atoms. The summed E-state index contributed by atoms with van der Waals surface area (Å²) in [6, 6.07) is 23.4. The summed E-state index contributed by atoms with van der Waals surface area (Å²) in [6.07, 6.45) is 0. The van der Waals surface area contributed by atoms with Gasteiger partial charge in [0.05, 0.1) is 4.92 Å². The van der Waals surface area contributed by atoms with E-state index in [1.54, 1.807) is 12.1 Å². The van der Waals surface area contributed by atoms with E-state index in [1.807, 2.05) is 54.6 Å². The van der Waals surface area contributed by atoms with Crippen LogP contribution in [0.25, 0.3) is 22.0 Å². The number of aromatic nitrogens is 2. The predicted molar refractivity (Wildman–Crippen MR) is 98.1 cm³/mol. The van der Waals surface area contributed by atoms with Gasteiger partial charge in [-0.2, -0.15) is 0 Å². The van der Waals surface area contributed by atoms with Gasteiger partial charge in [0.2, 0.25) is 5.88 Å². The molecule has 0 fully saturated rings. The maximum Gasteiger partial charge on any atom is 0.269 e. The predicted octanol–water partition coefficient (Wildman–Crippen LogP) is 5.00. The molecule has 4 aromatic rings. The molecule has 126 valence electrons. The molecule has 0 saturated carbocycles. The third-order valence-electron chi connectivity index (χ3n) is 3.96. The molecule has 6 nitrogen and oxygen atoms in total. The fourth-order valence-electron chi connectivity index (χ4n) is 2.71. The van der Waals surface area contributed by atoms with E-state index in [2.05, 4.69) is 10.2 Å². The van der Waals surface area contributed by atoms with Crippen LogP contribution in [-0.4, -0.2) is 15.1 Å². The van der Waals surface area contributed by atoms with Crippen molar-refractivity contribution in [2.24, 2.45) is 0 Å². The van der Waals surface area contributed by atoms with Crippen LogP contribution in [0.15, 0.2) is 78.9 Å². The van der Waals surface area contributed by atoms with Crippen LogP contribution in [0.5, 0.6) is 11.6 Å². The Morgan fingerprint density at radius 2 is 1.42 bits per heavy atom. The number of benzene rings is 3. The van der Waals surface area contributed by atoms with Gasteiger partial charge in [-0.05, 0) is 18.2 Å². The summed E-state index contributed by atoms with van der Waals surface area (Å²) in [6.45, 7) is 0. The van der Waals surface area contributed by atoms with E-state index in [4.69, 9.17) is 4.74 Å². The van der Waals surface area contributed by atoms with Gasteiger partial charge in [0.25, 0.3) is 5.69 Å². The molecule has 0 bridgehead atoms. The summed E-state index contributed by atoms with van der Waals surface area (Å²) in [5.41, 5.74) is 1.75. The number of non-ortho nitro benzene ring substituents is 1. The molecule has 0 unspecified atom stereocenters. The molecule has 1 heterocycles. The average molecular weight is 343 g/mol. The maximum absolute atomic E-state index is 10.8. The summed E-state index contributed by atoms with van der Waals surface area (Å²) < 4.78 is 5.82. The number of fused-ring (bicyclic) bond motifs is 1. The molecule has 0 aliphatic carbocycles. The van der Waals surface area contributed by atoms with Crippen molar-refractivity contribution in [1.82, 2.24) is 10.2 Å². The van der Waals surface area contributed by atoms with Crippen LogP contribution < -0.4 is 4.74 Å². The summed E-state index contributed by atoms with van der Waals surface area (Å²) in [7, 11) is 0. The highest BCUT2D eigenvalue weighted by atomic mass is 16.6. The van der Waals surface area contributed by atoms with Crippen LogP contribution in [0.4, 0.5) is 5.69 Å². The molecular formula is C20H13N3O3. The highest BCUT2D eigenvalue weighted by molar-refractivity contribution is 5.97. The number of nitro benzene ring substituents is 1. The zero-order valence-corrected chi connectivity index (χ0v) is 13.6. The molecule has 0 amide bonds. The SMILES string of the molecule is O=[N+]([O-])c1ccc(Oc2nnc(-c3ccccc3)c3ccccc23)cc1. The number of hydrogen-bond donors (Lipinski definition) is 0. The molecule has 0 spiro atoms. The van der Waals surface area contributed by atoms with Gasteiger partial charge in [0.1, 0.15) is 11.4 Å². The Morgan fingerprint density at radius 3 is 2.12 bits per heavy atom. The van der Waals surface area contributed by atoms with Crippen molar-refractivity contribution < 1.29 is 9.66 Å². The van der Waals surface area contributed by atoms with E-state index < -0.39 is 4.92 Å². The molecule has 4 rings (SSSR count). The molecule has 0 radical (unpaired) electrons. The molecular weight excluding hydrogens is 330 g/mol. The summed E-state index contributed by atoms with van der Waals surface area (Å²) in [5.74, 6) is 0.816. The zero-order valence-electron chi connectivity index (χ0n) is 13.6. The lowest BCUT2D eigenvalue weighted by molar-refractivity contribution is -0.384. The van der Waals surface area contributed by atoms with Crippen LogP contribution in [0.1, 0.15) is 0 Å². The molecule has 3 aromatic carbocycles. The molecule has 6 heteroatoms. The van der Waals surface area contributed by atoms with Crippen LogP contribution in [0, 0.1) is 10.1 Å². The third-order valence-corrected chi connectivity index (χ3v) is 3.96. The topological polar surface area (TPSA) is 78.2 Å². The third kappa shape index (κ3) is 2.95. The number of nitro groups is 1.